The maximum absolute atomic E-state index is 11.4. The molecule has 5 aliphatic rings. The molecule has 1 heterocycles. The molecule has 0 aromatic carbocycles. The van der Waals surface area contributed by atoms with Gasteiger partial charge in [-0.2, -0.15) is 0 Å². The molecule has 10 heavy (non-hydrogen) atoms. The van der Waals surface area contributed by atoms with Crippen LogP contribution in [0.5, 0.6) is 0 Å². The van der Waals surface area contributed by atoms with E-state index in [4.69, 9.17) is 0 Å². The molecule has 54 valence electrons. The van der Waals surface area contributed by atoms with Gasteiger partial charge < -0.3 is 4.89 Å². The molecule has 3 heteroatoms. The first-order chi connectivity index (χ1) is 4.73. The third-order valence-corrected chi connectivity index (χ3v) is 7.52. The lowest BCUT2D eigenvalue weighted by molar-refractivity contribution is 0.382. The van der Waals surface area contributed by atoms with Crippen LogP contribution in [0.3, 0.4) is 0 Å². The lowest BCUT2D eigenvalue weighted by atomic mass is 10.1. The van der Waals surface area contributed by atoms with Crippen LogP contribution in [0.2, 0.25) is 0 Å². The molecule has 6 bridgehead atoms. The Bertz CT molecular complexity index is 261. The predicted molar refractivity (Wildman–Crippen MR) is 36.0 cm³/mol. The molecule has 0 spiro atoms. The van der Waals surface area contributed by atoms with Crippen molar-refractivity contribution in [2.24, 2.45) is 23.7 Å². The van der Waals surface area contributed by atoms with Crippen LogP contribution in [-0.4, -0.2) is 16.2 Å². The van der Waals surface area contributed by atoms with Crippen LogP contribution >= 0.6 is 7.37 Å². The summed E-state index contributed by atoms with van der Waals surface area (Å²) in [7, 11) is -2.56. The quantitative estimate of drug-likeness (QED) is 0.529. The summed E-state index contributed by atoms with van der Waals surface area (Å²) in [6.07, 6.45) is 1.30. The Labute approximate surface area is 59.1 Å². The van der Waals surface area contributed by atoms with Crippen molar-refractivity contribution in [2.75, 3.05) is 0 Å². The molecule has 4 aliphatic carbocycles. The average molecular weight is 156 g/mol. The average Bonchev–Trinajstić information content (AvgIpc) is 2.38. The molecule has 1 saturated heterocycles. The van der Waals surface area contributed by atoms with Gasteiger partial charge in [0.15, 0.2) is 0 Å². The normalized spacial score (nSPS) is 86.9. The minimum absolute atomic E-state index is 0.299. The summed E-state index contributed by atoms with van der Waals surface area (Å²) >= 11 is 0. The molecule has 4 unspecified atom stereocenters. The Balaban J connectivity index is 2.02. The Morgan fingerprint density at radius 3 is 2.10 bits per heavy atom. The minimum atomic E-state index is -2.56. The van der Waals surface area contributed by atoms with Crippen LogP contribution in [-0.2, 0) is 4.57 Å². The highest BCUT2D eigenvalue weighted by atomic mass is 31.2. The van der Waals surface area contributed by atoms with E-state index in [1.165, 1.54) is 6.42 Å². The van der Waals surface area contributed by atoms with Crippen LogP contribution in [0, 0.1) is 23.7 Å². The van der Waals surface area contributed by atoms with E-state index in [0.29, 0.717) is 17.2 Å². The van der Waals surface area contributed by atoms with Crippen molar-refractivity contribution in [1.82, 2.24) is 0 Å². The highest BCUT2D eigenvalue weighted by Crippen LogP contribution is 2.93. The maximum Gasteiger partial charge on any atom is 0.207 e. The van der Waals surface area contributed by atoms with Gasteiger partial charge in [-0.25, -0.2) is 0 Å². The summed E-state index contributed by atoms with van der Waals surface area (Å²) in [6, 6.07) is 0. The van der Waals surface area contributed by atoms with E-state index in [9.17, 15) is 9.46 Å². The van der Waals surface area contributed by atoms with Crippen LogP contribution in [0.15, 0.2) is 0 Å². The summed E-state index contributed by atoms with van der Waals surface area (Å²) in [4.78, 5) is 9.47. The molecular formula is C7H9O2P. The van der Waals surface area contributed by atoms with Crippen molar-refractivity contribution in [1.29, 1.82) is 0 Å². The van der Waals surface area contributed by atoms with Crippen molar-refractivity contribution in [3.8, 4) is 0 Å². The zero-order chi connectivity index (χ0) is 6.67. The first-order valence-electron chi connectivity index (χ1n) is 4.05. The second-order valence-electron chi connectivity index (χ2n) is 4.37. The predicted octanol–water partition coefficient (Wildman–Crippen LogP) is 0.903. The molecule has 0 aromatic rings. The van der Waals surface area contributed by atoms with Gasteiger partial charge in [0.2, 0.25) is 7.37 Å². The fourth-order valence-corrected chi connectivity index (χ4v) is 7.85. The standard InChI is InChI=1S/C7H9O2P/c8-10(9)6-3-1-2-4(6)5(2)7(3)10/h2-7H,1H2,(H,8,9). The van der Waals surface area contributed by atoms with Crippen LogP contribution in [0.4, 0.5) is 0 Å². The third-order valence-electron chi connectivity index (χ3n) is 4.36. The van der Waals surface area contributed by atoms with Crippen LogP contribution in [0.1, 0.15) is 6.42 Å². The number of hydrogen-bond donors (Lipinski definition) is 1. The highest BCUT2D eigenvalue weighted by molar-refractivity contribution is 7.62. The van der Waals surface area contributed by atoms with Gasteiger partial charge in [-0.05, 0) is 30.1 Å². The second kappa shape index (κ2) is 0.971. The number of rotatable bonds is 0. The smallest absolute Gasteiger partial charge is 0.207 e. The Morgan fingerprint density at radius 2 is 1.80 bits per heavy atom. The van der Waals surface area contributed by atoms with Crippen molar-refractivity contribution < 1.29 is 9.46 Å². The molecular weight excluding hydrogens is 147 g/mol. The number of hydrogen-bond acceptors (Lipinski definition) is 1. The van der Waals surface area contributed by atoms with Crippen molar-refractivity contribution in [3.63, 3.8) is 0 Å². The Kier molecular flexibility index (Phi) is 0.481. The van der Waals surface area contributed by atoms with Crippen LogP contribution < -0.4 is 0 Å². The monoisotopic (exact) mass is 156 g/mol. The SMILES string of the molecule is O=P1(O)C2C3CC4C2C4C31. The van der Waals surface area contributed by atoms with Gasteiger partial charge in [0.05, 0.1) is 0 Å². The first-order valence-corrected chi connectivity index (χ1v) is 5.85. The van der Waals surface area contributed by atoms with E-state index >= 15 is 0 Å². The van der Waals surface area contributed by atoms with E-state index in [2.05, 4.69) is 0 Å². The van der Waals surface area contributed by atoms with E-state index in [1.807, 2.05) is 0 Å². The topological polar surface area (TPSA) is 37.3 Å². The van der Waals surface area contributed by atoms with E-state index in [0.717, 1.165) is 17.8 Å². The largest absolute Gasteiger partial charge is 0.344 e. The van der Waals surface area contributed by atoms with Gasteiger partial charge in [-0.15, -0.1) is 0 Å². The van der Waals surface area contributed by atoms with Gasteiger partial charge in [0, 0.05) is 11.3 Å². The second-order valence-corrected chi connectivity index (χ2v) is 6.91. The molecule has 5 fully saturated rings. The summed E-state index contributed by atoms with van der Waals surface area (Å²) in [6.45, 7) is 0. The highest BCUT2D eigenvalue weighted by Gasteiger charge is 2.88. The third kappa shape index (κ3) is 0.238. The fraction of sp³-hybridized carbons (Fsp3) is 1.00. The minimum Gasteiger partial charge on any atom is -0.344 e. The first kappa shape index (κ1) is 4.95. The van der Waals surface area contributed by atoms with Crippen LogP contribution in [0.25, 0.3) is 0 Å². The van der Waals surface area contributed by atoms with Crippen molar-refractivity contribution in [2.45, 2.75) is 17.7 Å². The van der Waals surface area contributed by atoms with Gasteiger partial charge in [0.1, 0.15) is 0 Å². The summed E-state index contributed by atoms with van der Waals surface area (Å²) < 4.78 is 11.4. The molecule has 5 rings (SSSR count). The van der Waals surface area contributed by atoms with E-state index in [1.54, 1.807) is 0 Å². The van der Waals surface area contributed by atoms with Gasteiger partial charge >= 0.3 is 0 Å². The summed E-state index contributed by atoms with van der Waals surface area (Å²) in [5, 5.41) is 0. The Morgan fingerprint density at radius 1 is 1.20 bits per heavy atom. The summed E-state index contributed by atoms with van der Waals surface area (Å²) in [5.41, 5.74) is 0.597. The lowest BCUT2D eigenvalue weighted by Gasteiger charge is -2.38. The van der Waals surface area contributed by atoms with E-state index < -0.39 is 7.37 Å². The fourth-order valence-electron chi connectivity index (χ4n) is 4.21. The van der Waals surface area contributed by atoms with E-state index in [-0.39, 0.29) is 0 Å². The Hall–Kier alpha value is 0.190. The lowest BCUT2D eigenvalue weighted by Crippen LogP contribution is -2.35. The zero-order valence-electron chi connectivity index (χ0n) is 5.47. The van der Waals surface area contributed by atoms with Gasteiger partial charge in [-0.1, -0.05) is 0 Å². The summed E-state index contributed by atoms with van der Waals surface area (Å²) in [5.74, 6) is 3.07. The molecule has 4 saturated carbocycles. The molecule has 0 amide bonds. The maximum atomic E-state index is 11.4. The molecule has 4 atom stereocenters. The van der Waals surface area contributed by atoms with Crippen molar-refractivity contribution in [3.05, 3.63) is 0 Å². The zero-order valence-corrected chi connectivity index (χ0v) is 6.37. The van der Waals surface area contributed by atoms with Gasteiger partial charge in [-0.3, -0.25) is 4.57 Å². The molecule has 0 aromatic heterocycles. The van der Waals surface area contributed by atoms with Gasteiger partial charge in [0.25, 0.3) is 0 Å². The molecule has 0 radical (unpaired) electrons. The molecule has 2 nitrogen and oxygen atoms in total. The van der Waals surface area contributed by atoms with Crippen molar-refractivity contribution >= 4 is 7.37 Å². The molecule has 1 N–H and O–H groups in total. The molecule has 1 aliphatic heterocycles.